The van der Waals surface area contributed by atoms with Crippen molar-refractivity contribution < 1.29 is 17.5 Å². The van der Waals surface area contributed by atoms with Gasteiger partial charge in [-0.25, -0.2) is 8.42 Å². The van der Waals surface area contributed by atoms with Crippen LogP contribution in [-0.2, 0) is 15.5 Å². The molecule has 2 aromatic rings. The zero-order valence-corrected chi connectivity index (χ0v) is 16.2. The molecule has 1 aliphatic rings. The fourth-order valence-corrected chi connectivity index (χ4v) is 3.53. The Morgan fingerprint density at radius 3 is 2.08 bits per heavy atom. The minimum Gasteiger partial charge on any atom is -0.744 e. The van der Waals surface area contributed by atoms with Crippen molar-refractivity contribution in [3.63, 3.8) is 0 Å². The second-order valence-electron chi connectivity index (χ2n) is 6.74. The third kappa shape index (κ3) is 3.99. The predicted octanol–water partition coefficient (Wildman–Crippen LogP) is 4.00. The van der Waals surface area contributed by atoms with Gasteiger partial charge in [0.1, 0.15) is 16.7 Å². The van der Waals surface area contributed by atoms with E-state index in [9.17, 15) is 13.0 Å². The summed E-state index contributed by atoms with van der Waals surface area (Å²) in [5, 5.41) is 0. The molecule has 1 aliphatic heterocycles. The van der Waals surface area contributed by atoms with E-state index in [4.69, 9.17) is 0 Å². The molecule has 0 radical (unpaired) electrons. The zero-order valence-electron chi connectivity index (χ0n) is 15.4. The van der Waals surface area contributed by atoms with Crippen LogP contribution in [0.5, 0.6) is 0 Å². The number of nitrogens with zero attached hydrogens (tertiary/aromatic N) is 1. The van der Waals surface area contributed by atoms with Gasteiger partial charge >= 0.3 is 0 Å². The number of hydrogen-bond acceptors (Lipinski definition) is 3. The van der Waals surface area contributed by atoms with Crippen LogP contribution >= 0.6 is 0 Å². The molecule has 0 saturated heterocycles. The number of aryl methyl sites for hydroxylation is 1. The van der Waals surface area contributed by atoms with Crippen molar-refractivity contribution in [1.82, 2.24) is 0 Å². The van der Waals surface area contributed by atoms with Crippen molar-refractivity contribution in [1.29, 1.82) is 0 Å². The van der Waals surface area contributed by atoms with Crippen molar-refractivity contribution in [3.8, 4) is 0 Å². The monoisotopic (exact) mass is 359 g/mol. The highest BCUT2D eigenvalue weighted by Crippen LogP contribution is 2.38. The summed E-state index contributed by atoms with van der Waals surface area (Å²) in [7, 11) is -4.27. The van der Waals surface area contributed by atoms with Gasteiger partial charge in [0.2, 0.25) is 5.69 Å². The lowest BCUT2D eigenvalue weighted by atomic mass is 9.82. The van der Waals surface area contributed by atoms with E-state index in [0.29, 0.717) is 0 Å². The molecule has 0 unspecified atom stereocenters. The Balaban J connectivity index is 0.000000186. The second-order valence-corrected chi connectivity index (χ2v) is 8.12. The third-order valence-electron chi connectivity index (χ3n) is 4.80. The Morgan fingerprint density at radius 1 is 1.00 bits per heavy atom. The van der Waals surface area contributed by atoms with Gasteiger partial charge in [0.05, 0.1) is 10.3 Å². The van der Waals surface area contributed by atoms with Crippen molar-refractivity contribution in [3.05, 3.63) is 59.7 Å². The maximum atomic E-state index is 10.4. The van der Waals surface area contributed by atoms with Gasteiger partial charge in [0.25, 0.3) is 0 Å². The van der Waals surface area contributed by atoms with Crippen molar-refractivity contribution in [2.75, 3.05) is 6.54 Å². The van der Waals surface area contributed by atoms with Crippen LogP contribution in [0.2, 0.25) is 0 Å². The average molecular weight is 359 g/mol. The van der Waals surface area contributed by atoms with E-state index in [1.807, 2.05) is 6.92 Å². The molecule has 3 rings (SSSR count). The zero-order chi connectivity index (χ0) is 18.8. The smallest absolute Gasteiger partial charge is 0.209 e. The van der Waals surface area contributed by atoms with Crippen LogP contribution in [0.4, 0.5) is 5.69 Å². The Bertz CT molecular complexity index is 895. The van der Waals surface area contributed by atoms with Gasteiger partial charge in [-0.2, -0.15) is 4.58 Å². The summed E-state index contributed by atoms with van der Waals surface area (Å²) in [6.45, 7) is 11.9. The maximum Gasteiger partial charge on any atom is 0.209 e. The van der Waals surface area contributed by atoms with Gasteiger partial charge in [0.15, 0.2) is 5.71 Å². The first-order valence-electron chi connectivity index (χ1n) is 8.32. The van der Waals surface area contributed by atoms with E-state index in [1.54, 1.807) is 12.1 Å². The molecular weight excluding hydrogens is 334 g/mol. The molecule has 0 bridgehead atoms. The molecule has 25 heavy (non-hydrogen) atoms. The molecule has 5 heteroatoms. The minimum absolute atomic E-state index is 0.178. The normalized spacial score (nSPS) is 15.4. The molecule has 0 N–H and O–H groups in total. The molecule has 0 saturated carbocycles. The highest BCUT2D eigenvalue weighted by atomic mass is 32.2. The topological polar surface area (TPSA) is 60.2 Å². The number of hydrogen-bond donors (Lipinski definition) is 0. The summed E-state index contributed by atoms with van der Waals surface area (Å²) in [5.74, 6) is 0. The lowest BCUT2D eigenvalue weighted by Gasteiger charge is -2.14. The fraction of sp³-hybridized carbons (Fsp3) is 0.350. The van der Waals surface area contributed by atoms with Gasteiger partial charge in [-0.1, -0.05) is 35.9 Å². The van der Waals surface area contributed by atoms with Crippen LogP contribution in [0.3, 0.4) is 0 Å². The van der Waals surface area contributed by atoms with Gasteiger partial charge in [-0.05, 0) is 39.8 Å². The van der Waals surface area contributed by atoms with E-state index in [1.165, 1.54) is 29.1 Å². The van der Waals surface area contributed by atoms with Crippen molar-refractivity contribution in [2.24, 2.45) is 0 Å². The molecule has 4 nitrogen and oxygen atoms in total. The minimum atomic E-state index is -4.27. The maximum absolute atomic E-state index is 10.4. The van der Waals surface area contributed by atoms with E-state index < -0.39 is 10.1 Å². The van der Waals surface area contributed by atoms with Gasteiger partial charge < -0.3 is 4.55 Å². The lowest BCUT2D eigenvalue weighted by Crippen LogP contribution is -2.26. The van der Waals surface area contributed by atoms with Crippen LogP contribution in [-0.4, -0.2) is 29.8 Å². The molecule has 2 aromatic carbocycles. The summed E-state index contributed by atoms with van der Waals surface area (Å²) < 4.78 is 33.6. The van der Waals surface area contributed by atoms with Gasteiger partial charge in [-0.3, -0.25) is 0 Å². The molecule has 0 aliphatic carbocycles. The highest BCUT2D eigenvalue weighted by Gasteiger charge is 2.41. The second kappa shape index (κ2) is 7.10. The Hall–Kier alpha value is -1.98. The third-order valence-corrected chi connectivity index (χ3v) is 5.65. The number of benzene rings is 2. The molecule has 1 heterocycles. The van der Waals surface area contributed by atoms with Crippen LogP contribution in [0, 0.1) is 6.92 Å². The predicted molar refractivity (Wildman–Crippen MR) is 99.8 cm³/mol. The Labute approximate surface area is 150 Å². The first-order chi connectivity index (χ1) is 11.6. The standard InChI is InChI=1S/C13H18N.C7H8O3S/c1-5-14-10(2)13(3,4)11-8-6-7-9-12(11)14;1-6-2-4-7(5-3-6)11(8,9)10/h6-9H,5H2,1-4H3;2-5H,1H3,(H,8,9,10)/q+1;/p-1. The largest absolute Gasteiger partial charge is 0.744 e. The summed E-state index contributed by atoms with van der Waals surface area (Å²) in [6.07, 6.45) is 0. The molecule has 0 aromatic heterocycles. The molecule has 134 valence electrons. The number of fused-ring (bicyclic) bond motifs is 1. The van der Waals surface area contributed by atoms with E-state index in [0.717, 1.165) is 12.1 Å². The van der Waals surface area contributed by atoms with E-state index in [-0.39, 0.29) is 10.3 Å². The fourth-order valence-electron chi connectivity index (χ4n) is 3.06. The first kappa shape index (κ1) is 19.3. The summed E-state index contributed by atoms with van der Waals surface area (Å²) >= 11 is 0. The average Bonchev–Trinajstić information content (AvgIpc) is 2.75. The quantitative estimate of drug-likeness (QED) is 0.601. The molecule has 0 fully saturated rings. The van der Waals surface area contributed by atoms with E-state index >= 15 is 0 Å². The highest BCUT2D eigenvalue weighted by molar-refractivity contribution is 7.85. The van der Waals surface area contributed by atoms with Crippen LogP contribution in [0.15, 0.2) is 53.4 Å². The van der Waals surface area contributed by atoms with Gasteiger partial charge in [-0.15, -0.1) is 0 Å². The van der Waals surface area contributed by atoms with Crippen molar-refractivity contribution in [2.45, 2.75) is 44.9 Å². The summed E-state index contributed by atoms with van der Waals surface area (Å²) in [5.41, 5.74) is 5.43. The van der Waals surface area contributed by atoms with Crippen LogP contribution < -0.4 is 0 Å². The molecule has 0 amide bonds. The van der Waals surface area contributed by atoms with Gasteiger partial charge in [0, 0.05) is 18.6 Å². The summed E-state index contributed by atoms with van der Waals surface area (Å²) in [4.78, 5) is -0.178. The lowest BCUT2D eigenvalue weighted by molar-refractivity contribution is -0.434. The van der Waals surface area contributed by atoms with Crippen molar-refractivity contribution >= 4 is 21.5 Å². The first-order valence-corrected chi connectivity index (χ1v) is 9.73. The number of para-hydroxylation sites is 1. The molecule has 0 spiro atoms. The molecule has 0 atom stereocenters. The Kier molecular flexibility index (Phi) is 5.49. The summed E-state index contributed by atoms with van der Waals surface area (Å²) in [6, 6.07) is 14.5. The van der Waals surface area contributed by atoms with E-state index in [2.05, 4.69) is 56.5 Å². The SMILES string of the molecule is CC[N+]1=C(C)C(C)(C)c2ccccc21.Cc1ccc(S(=O)(=O)[O-])cc1. The molecular formula is C20H25NO3S. The van der Waals surface area contributed by atoms with Crippen LogP contribution in [0.1, 0.15) is 38.8 Å². The Morgan fingerprint density at radius 2 is 1.56 bits per heavy atom. The van der Waals surface area contributed by atoms with Crippen LogP contribution in [0.25, 0.3) is 0 Å². The number of rotatable bonds is 2.